The molecule has 1 fully saturated rings. The Labute approximate surface area is 162 Å². The van der Waals surface area contributed by atoms with Crippen molar-refractivity contribution in [1.82, 2.24) is 9.97 Å². The van der Waals surface area contributed by atoms with Gasteiger partial charge in [0.1, 0.15) is 17.8 Å². The van der Waals surface area contributed by atoms with Crippen LogP contribution in [0.3, 0.4) is 0 Å². The number of fused-ring (bicyclic) bond motifs is 1. The van der Waals surface area contributed by atoms with Crippen molar-refractivity contribution in [1.29, 1.82) is 5.26 Å². The summed E-state index contributed by atoms with van der Waals surface area (Å²) in [5.41, 5.74) is 2.59. The lowest BCUT2D eigenvalue weighted by atomic mass is 10.0. The van der Waals surface area contributed by atoms with Crippen molar-refractivity contribution < 1.29 is 13.9 Å². The minimum atomic E-state index is -0.876. The number of pyridine rings is 2. The molecule has 8 heteroatoms. The number of alkyl halides is 1. The number of aromatic nitrogens is 2. The van der Waals surface area contributed by atoms with Gasteiger partial charge in [0.05, 0.1) is 31.4 Å². The van der Waals surface area contributed by atoms with E-state index in [2.05, 4.69) is 10.3 Å². The predicted octanol–water partition coefficient (Wildman–Crippen LogP) is 2.26. The minimum absolute atomic E-state index is 0.287. The van der Waals surface area contributed by atoms with Gasteiger partial charge in [-0.1, -0.05) is 0 Å². The molecular formula is C20H20FN5O2. The highest BCUT2D eigenvalue weighted by atomic mass is 19.1. The Bertz CT molecular complexity index is 943. The summed E-state index contributed by atoms with van der Waals surface area (Å²) in [5.74, 6) is 0.607. The van der Waals surface area contributed by atoms with Crippen molar-refractivity contribution in [2.75, 3.05) is 36.5 Å². The first kappa shape index (κ1) is 18.3. The molecule has 0 aliphatic carbocycles. The molecule has 144 valence electrons. The number of anilines is 2. The van der Waals surface area contributed by atoms with Crippen LogP contribution in [0.15, 0.2) is 24.4 Å². The van der Waals surface area contributed by atoms with Crippen molar-refractivity contribution in [3.05, 3.63) is 46.8 Å². The van der Waals surface area contributed by atoms with Crippen LogP contribution in [0.4, 0.5) is 16.0 Å². The van der Waals surface area contributed by atoms with Gasteiger partial charge in [-0.3, -0.25) is 4.79 Å². The molecule has 1 N–H and O–H groups in total. The summed E-state index contributed by atoms with van der Waals surface area (Å²) in [5, 5.41) is 11.8. The highest BCUT2D eigenvalue weighted by molar-refractivity contribution is 6.05. The highest BCUT2D eigenvalue weighted by Crippen LogP contribution is 2.27. The van der Waals surface area contributed by atoms with Crippen LogP contribution in [-0.2, 0) is 17.6 Å². The first-order chi connectivity index (χ1) is 13.6. The summed E-state index contributed by atoms with van der Waals surface area (Å²) in [6, 6.07) is 6.85. The average Bonchev–Trinajstić information content (AvgIpc) is 3.00. The largest absolute Gasteiger partial charge is 0.381 e. The van der Waals surface area contributed by atoms with E-state index in [-0.39, 0.29) is 12.5 Å². The number of carbonyl (C=O) groups excluding carboxylic acids is 1. The smallest absolute Gasteiger partial charge is 0.257 e. The molecule has 0 bridgehead atoms. The number of halogens is 1. The quantitative estimate of drug-likeness (QED) is 0.877. The van der Waals surface area contributed by atoms with E-state index in [1.54, 1.807) is 12.1 Å². The second-order valence-corrected chi connectivity index (χ2v) is 6.89. The van der Waals surface area contributed by atoms with Crippen LogP contribution in [0.2, 0.25) is 0 Å². The van der Waals surface area contributed by atoms with Crippen LogP contribution in [0.25, 0.3) is 0 Å². The Morgan fingerprint density at radius 1 is 1.36 bits per heavy atom. The first-order valence-corrected chi connectivity index (χ1v) is 9.31. The lowest BCUT2D eigenvalue weighted by Gasteiger charge is -2.20. The van der Waals surface area contributed by atoms with Gasteiger partial charge in [0.2, 0.25) is 0 Å². The minimum Gasteiger partial charge on any atom is -0.381 e. The number of nitriles is 1. The third kappa shape index (κ3) is 3.80. The molecule has 4 rings (SSSR count). The second-order valence-electron chi connectivity index (χ2n) is 6.89. The van der Waals surface area contributed by atoms with Gasteiger partial charge >= 0.3 is 0 Å². The molecule has 1 atom stereocenters. The van der Waals surface area contributed by atoms with E-state index in [0.29, 0.717) is 61.8 Å². The molecule has 0 aromatic carbocycles. The fourth-order valence-electron chi connectivity index (χ4n) is 3.58. The molecule has 1 amide bonds. The van der Waals surface area contributed by atoms with Gasteiger partial charge in [-0.05, 0) is 36.6 Å². The number of nitrogens with zero attached hydrogens (tertiary/aromatic N) is 4. The van der Waals surface area contributed by atoms with Crippen LogP contribution in [0.5, 0.6) is 0 Å². The van der Waals surface area contributed by atoms with Crippen molar-refractivity contribution in [2.24, 2.45) is 0 Å². The van der Waals surface area contributed by atoms with Gasteiger partial charge in [-0.15, -0.1) is 0 Å². The van der Waals surface area contributed by atoms with E-state index >= 15 is 0 Å². The lowest BCUT2D eigenvalue weighted by Crippen LogP contribution is -2.24. The maximum Gasteiger partial charge on any atom is 0.257 e. The van der Waals surface area contributed by atoms with Gasteiger partial charge < -0.3 is 15.0 Å². The van der Waals surface area contributed by atoms with Crippen LogP contribution in [-0.4, -0.2) is 48.4 Å². The zero-order valence-electron chi connectivity index (χ0n) is 15.3. The molecule has 2 aromatic heterocycles. The van der Waals surface area contributed by atoms with E-state index in [0.717, 1.165) is 11.3 Å². The van der Waals surface area contributed by atoms with E-state index in [4.69, 9.17) is 15.0 Å². The van der Waals surface area contributed by atoms with Gasteiger partial charge in [0.15, 0.2) is 0 Å². The third-order valence-electron chi connectivity index (χ3n) is 5.01. The lowest BCUT2D eigenvalue weighted by molar-refractivity contribution is 0.102. The van der Waals surface area contributed by atoms with Crippen LogP contribution >= 0.6 is 0 Å². The van der Waals surface area contributed by atoms with Gasteiger partial charge in [-0.25, -0.2) is 14.4 Å². The Kier molecular flexibility index (Phi) is 5.17. The third-order valence-corrected chi connectivity index (χ3v) is 5.01. The normalized spacial score (nSPS) is 18.9. The van der Waals surface area contributed by atoms with Crippen molar-refractivity contribution >= 4 is 17.5 Å². The molecule has 2 aliphatic heterocycles. The molecule has 2 aromatic rings. The molecule has 0 saturated carbocycles. The van der Waals surface area contributed by atoms with Gasteiger partial charge in [0, 0.05) is 30.4 Å². The van der Waals surface area contributed by atoms with Gasteiger partial charge in [-0.2, -0.15) is 5.26 Å². The van der Waals surface area contributed by atoms with Crippen LogP contribution < -0.4 is 10.2 Å². The zero-order valence-corrected chi connectivity index (χ0v) is 15.3. The standard InChI is InChI=1S/C20H20FN5O2/c21-14-2-6-26(12-14)19-10-16(15-3-7-28-8-4-17(15)24-19)20(27)25-18-9-13(11-22)1-5-23-18/h1,5,9-10,14H,2-4,6-8,12H2,(H,23,25,27). The number of rotatable bonds is 3. The molecule has 7 nitrogen and oxygen atoms in total. The molecule has 0 radical (unpaired) electrons. The number of carbonyl (C=O) groups is 1. The topological polar surface area (TPSA) is 91.1 Å². The number of amides is 1. The Morgan fingerprint density at radius 2 is 2.21 bits per heavy atom. The number of hydrogen-bond acceptors (Lipinski definition) is 6. The monoisotopic (exact) mass is 381 g/mol. The molecule has 28 heavy (non-hydrogen) atoms. The van der Waals surface area contributed by atoms with E-state index in [1.165, 1.54) is 12.3 Å². The summed E-state index contributed by atoms with van der Waals surface area (Å²) in [6.45, 7) is 1.93. The molecule has 1 unspecified atom stereocenters. The summed E-state index contributed by atoms with van der Waals surface area (Å²) >= 11 is 0. The van der Waals surface area contributed by atoms with Crippen LogP contribution in [0.1, 0.15) is 33.6 Å². The van der Waals surface area contributed by atoms with E-state index in [1.807, 2.05) is 11.0 Å². The van der Waals surface area contributed by atoms with E-state index < -0.39 is 6.17 Å². The Morgan fingerprint density at radius 3 is 3.00 bits per heavy atom. The fraction of sp³-hybridized carbons (Fsp3) is 0.400. The number of ether oxygens (including phenoxy) is 1. The number of nitrogens with one attached hydrogen (secondary N) is 1. The molecule has 2 aliphatic rings. The molecule has 4 heterocycles. The van der Waals surface area contributed by atoms with E-state index in [9.17, 15) is 9.18 Å². The second kappa shape index (κ2) is 7.90. The zero-order chi connectivity index (χ0) is 19.5. The fourth-order valence-corrected chi connectivity index (χ4v) is 3.58. The van der Waals surface area contributed by atoms with Crippen molar-refractivity contribution in [3.63, 3.8) is 0 Å². The van der Waals surface area contributed by atoms with Crippen LogP contribution in [0, 0.1) is 11.3 Å². The highest BCUT2D eigenvalue weighted by Gasteiger charge is 2.26. The Balaban J connectivity index is 1.69. The van der Waals surface area contributed by atoms with Gasteiger partial charge in [0.25, 0.3) is 5.91 Å². The number of hydrogen-bond donors (Lipinski definition) is 1. The van der Waals surface area contributed by atoms with Crippen molar-refractivity contribution in [3.8, 4) is 6.07 Å². The molecular weight excluding hydrogens is 361 g/mol. The Hall–Kier alpha value is -3.05. The maximum atomic E-state index is 13.7. The molecule has 0 spiro atoms. The summed E-state index contributed by atoms with van der Waals surface area (Å²) in [7, 11) is 0. The summed E-state index contributed by atoms with van der Waals surface area (Å²) < 4.78 is 19.2. The predicted molar refractivity (Wildman–Crippen MR) is 101 cm³/mol. The average molecular weight is 381 g/mol. The van der Waals surface area contributed by atoms with Crippen molar-refractivity contribution in [2.45, 2.75) is 25.4 Å². The molecule has 1 saturated heterocycles. The maximum absolute atomic E-state index is 13.7. The SMILES string of the molecule is N#Cc1ccnc(NC(=O)c2cc(N3CCC(F)C3)nc3c2CCOCC3)c1. The summed E-state index contributed by atoms with van der Waals surface area (Å²) in [4.78, 5) is 23.7. The summed E-state index contributed by atoms with van der Waals surface area (Å²) in [6.07, 6.45) is 2.26. The first-order valence-electron chi connectivity index (χ1n) is 9.31.